The number of hydrogen-bond acceptors (Lipinski definition) is 4. The highest BCUT2D eigenvalue weighted by Gasteiger charge is 2.11. The smallest absolute Gasteiger partial charge is 0.0524 e. The summed E-state index contributed by atoms with van der Waals surface area (Å²) in [5, 5.41) is 7.70. The second-order valence-corrected chi connectivity index (χ2v) is 4.97. The molecule has 1 fully saturated rings. The van der Waals surface area contributed by atoms with E-state index in [0.717, 1.165) is 32.7 Å². The van der Waals surface area contributed by atoms with E-state index in [1.54, 1.807) is 0 Å². The minimum atomic E-state index is 0.952. The van der Waals surface area contributed by atoms with Crippen LogP contribution in [-0.2, 0) is 13.1 Å². The van der Waals surface area contributed by atoms with E-state index in [4.69, 9.17) is 0 Å². The minimum absolute atomic E-state index is 0.952. The molecular formula is C13H25N5. The van der Waals surface area contributed by atoms with Crippen LogP contribution < -0.4 is 5.32 Å². The summed E-state index contributed by atoms with van der Waals surface area (Å²) in [6, 6.07) is 2.12. The number of hydrogen-bond donors (Lipinski definition) is 1. The molecule has 2 rings (SSSR count). The van der Waals surface area contributed by atoms with E-state index in [0.29, 0.717) is 0 Å². The first-order chi connectivity index (χ1) is 8.79. The summed E-state index contributed by atoms with van der Waals surface area (Å²) in [5.41, 5.74) is 1.31. The molecule has 5 heteroatoms. The Kier molecular flexibility index (Phi) is 5.16. The second kappa shape index (κ2) is 6.87. The van der Waals surface area contributed by atoms with Gasteiger partial charge in [-0.3, -0.25) is 14.5 Å². The molecule has 0 atom stereocenters. The van der Waals surface area contributed by atoms with Gasteiger partial charge in [0.15, 0.2) is 0 Å². The summed E-state index contributed by atoms with van der Waals surface area (Å²) in [7, 11) is 2.19. The molecule has 102 valence electrons. The molecule has 0 aromatic carbocycles. The second-order valence-electron chi connectivity index (χ2n) is 4.97. The van der Waals surface area contributed by atoms with E-state index in [1.807, 2.05) is 6.20 Å². The molecule has 0 aliphatic carbocycles. The van der Waals surface area contributed by atoms with Crippen molar-refractivity contribution in [1.29, 1.82) is 0 Å². The van der Waals surface area contributed by atoms with Gasteiger partial charge in [0, 0.05) is 58.6 Å². The molecule has 1 saturated heterocycles. The van der Waals surface area contributed by atoms with Crippen molar-refractivity contribution >= 4 is 0 Å². The zero-order chi connectivity index (χ0) is 12.8. The summed E-state index contributed by atoms with van der Waals surface area (Å²) in [6.07, 6.45) is 1.89. The van der Waals surface area contributed by atoms with Crippen molar-refractivity contribution in [2.75, 3.05) is 46.3 Å². The summed E-state index contributed by atoms with van der Waals surface area (Å²) in [5.74, 6) is 0. The van der Waals surface area contributed by atoms with Gasteiger partial charge in [-0.15, -0.1) is 0 Å². The van der Waals surface area contributed by atoms with Gasteiger partial charge in [0.05, 0.1) is 5.69 Å². The maximum atomic E-state index is 4.31. The van der Waals surface area contributed by atoms with E-state index in [2.05, 4.69) is 44.9 Å². The lowest BCUT2D eigenvalue weighted by Crippen LogP contribution is -2.45. The standard InChI is InChI=1S/C13H25N5/c1-3-18-13(4-5-15-18)12-16(2)10-11-17-8-6-14-7-9-17/h4-5,14H,3,6-12H2,1-2H3. The number of aromatic nitrogens is 2. The third kappa shape index (κ3) is 3.80. The van der Waals surface area contributed by atoms with Gasteiger partial charge in [-0.25, -0.2) is 0 Å². The molecule has 0 amide bonds. The minimum Gasteiger partial charge on any atom is -0.314 e. The van der Waals surface area contributed by atoms with E-state index in [1.165, 1.54) is 25.3 Å². The highest BCUT2D eigenvalue weighted by molar-refractivity contribution is 5.00. The van der Waals surface area contributed by atoms with E-state index in [-0.39, 0.29) is 0 Å². The van der Waals surface area contributed by atoms with Crippen LogP contribution in [0.25, 0.3) is 0 Å². The van der Waals surface area contributed by atoms with Gasteiger partial charge in [-0.1, -0.05) is 0 Å². The van der Waals surface area contributed by atoms with Crippen LogP contribution in [0.3, 0.4) is 0 Å². The molecule has 1 aliphatic heterocycles. The number of piperazine rings is 1. The van der Waals surface area contributed by atoms with Crippen LogP contribution in [0, 0.1) is 0 Å². The SMILES string of the molecule is CCn1nccc1CN(C)CCN1CCNCC1. The molecule has 0 saturated carbocycles. The monoisotopic (exact) mass is 251 g/mol. The van der Waals surface area contributed by atoms with Gasteiger partial charge >= 0.3 is 0 Å². The van der Waals surface area contributed by atoms with E-state index >= 15 is 0 Å². The normalized spacial score (nSPS) is 17.5. The molecule has 5 nitrogen and oxygen atoms in total. The van der Waals surface area contributed by atoms with Crippen LogP contribution in [0.15, 0.2) is 12.3 Å². The Bertz CT molecular complexity index is 343. The molecule has 2 heterocycles. The topological polar surface area (TPSA) is 36.3 Å². The summed E-state index contributed by atoms with van der Waals surface area (Å²) in [6.45, 7) is 11.0. The number of rotatable bonds is 6. The van der Waals surface area contributed by atoms with Crippen LogP contribution in [0.2, 0.25) is 0 Å². The van der Waals surface area contributed by atoms with Gasteiger partial charge in [0.25, 0.3) is 0 Å². The fraction of sp³-hybridized carbons (Fsp3) is 0.769. The lowest BCUT2D eigenvalue weighted by Gasteiger charge is -2.29. The Labute approximate surface area is 110 Å². The average molecular weight is 251 g/mol. The van der Waals surface area contributed by atoms with E-state index < -0.39 is 0 Å². The first-order valence-corrected chi connectivity index (χ1v) is 6.92. The predicted molar refractivity (Wildman–Crippen MR) is 73.5 cm³/mol. The van der Waals surface area contributed by atoms with Gasteiger partial charge in [-0.2, -0.15) is 5.10 Å². The molecule has 0 bridgehead atoms. The van der Waals surface area contributed by atoms with Crippen molar-refractivity contribution in [2.24, 2.45) is 0 Å². The lowest BCUT2D eigenvalue weighted by atomic mass is 10.3. The highest BCUT2D eigenvalue weighted by atomic mass is 15.3. The van der Waals surface area contributed by atoms with Gasteiger partial charge in [-0.05, 0) is 20.0 Å². The van der Waals surface area contributed by atoms with E-state index in [9.17, 15) is 0 Å². The molecule has 1 aliphatic rings. The lowest BCUT2D eigenvalue weighted by molar-refractivity contribution is 0.200. The highest BCUT2D eigenvalue weighted by Crippen LogP contribution is 2.03. The molecule has 18 heavy (non-hydrogen) atoms. The predicted octanol–water partition coefficient (Wildman–Crippen LogP) is 0.240. The maximum Gasteiger partial charge on any atom is 0.0524 e. The first-order valence-electron chi connectivity index (χ1n) is 6.92. The van der Waals surface area contributed by atoms with Gasteiger partial charge < -0.3 is 5.32 Å². The number of likely N-dealkylation sites (N-methyl/N-ethyl adjacent to an activating group) is 1. The molecule has 0 spiro atoms. The zero-order valence-electron chi connectivity index (χ0n) is 11.6. The molecule has 0 unspecified atom stereocenters. The van der Waals surface area contributed by atoms with Crippen molar-refractivity contribution in [1.82, 2.24) is 24.9 Å². The molecule has 1 aromatic rings. The van der Waals surface area contributed by atoms with Crippen molar-refractivity contribution in [2.45, 2.75) is 20.0 Å². The first kappa shape index (κ1) is 13.5. The molecule has 1 N–H and O–H groups in total. The number of aryl methyl sites for hydroxylation is 1. The Morgan fingerprint density at radius 2 is 2.17 bits per heavy atom. The largest absolute Gasteiger partial charge is 0.314 e. The average Bonchev–Trinajstić information content (AvgIpc) is 2.85. The van der Waals surface area contributed by atoms with Crippen LogP contribution in [0.5, 0.6) is 0 Å². The Hall–Kier alpha value is -0.910. The van der Waals surface area contributed by atoms with Crippen LogP contribution in [0.1, 0.15) is 12.6 Å². The molecular weight excluding hydrogens is 226 g/mol. The van der Waals surface area contributed by atoms with Crippen LogP contribution in [-0.4, -0.2) is 65.9 Å². The zero-order valence-corrected chi connectivity index (χ0v) is 11.6. The van der Waals surface area contributed by atoms with Crippen molar-refractivity contribution in [3.05, 3.63) is 18.0 Å². The third-order valence-electron chi connectivity index (χ3n) is 3.54. The van der Waals surface area contributed by atoms with Crippen molar-refractivity contribution in [3.63, 3.8) is 0 Å². The molecule has 0 radical (unpaired) electrons. The summed E-state index contributed by atoms with van der Waals surface area (Å²) < 4.78 is 2.07. The number of nitrogens with zero attached hydrogens (tertiary/aromatic N) is 4. The summed E-state index contributed by atoms with van der Waals surface area (Å²) >= 11 is 0. The van der Waals surface area contributed by atoms with Crippen LogP contribution in [0.4, 0.5) is 0 Å². The number of nitrogens with one attached hydrogen (secondary N) is 1. The third-order valence-corrected chi connectivity index (χ3v) is 3.54. The Morgan fingerprint density at radius 1 is 1.39 bits per heavy atom. The van der Waals surface area contributed by atoms with Crippen LogP contribution >= 0.6 is 0 Å². The quantitative estimate of drug-likeness (QED) is 0.786. The van der Waals surface area contributed by atoms with Crippen molar-refractivity contribution in [3.8, 4) is 0 Å². The van der Waals surface area contributed by atoms with Gasteiger partial charge in [0.1, 0.15) is 0 Å². The molecule has 1 aromatic heterocycles. The Morgan fingerprint density at radius 3 is 2.89 bits per heavy atom. The Balaban J connectivity index is 1.72. The maximum absolute atomic E-state index is 4.31. The van der Waals surface area contributed by atoms with Crippen molar-refractivity contribution < 1.29 is 0 Å². The fourth-order valence-electron chi connectivity index (χ4n) is 2.38. The van der Waals surface area contributed by atoms with Gasteiger partial charge in [0.2, 0.25) is 0 Å². The summed E-state index contributed by atoms with van der Waals surface area (Å²) in [4.78, 5) is 4.91. The fourth-order valence-corrected chi connectivity index (χ4v) is 2.38.